The van der Waals surface area contributed by atoms with Crippen molar-refractivity contribution in [2.75, 3.05) is 13.1 Å². The molecule has 3 unspecified atom stereocenters. The minimum absolute atomic E-state index is 0.171. The summed E-state index contributed by atoms with van der Waals surface area (Å²) in [6, 6.07) is 0.425. The third-order valence-electron chi connectivity index (χ3n) is 3.70. The zero-order valence-corrected chi connectivity index (χ0v) is 8.78. The highest BCUT2D eigenvalue weighted by Crippen LogP contribution is 2.28. The Hall–Kier alpha value is -0.410. The van der Waals surface area contributed by atoms with Crippen LogP contribution in [0.25, 0.3) is 0 Å². The van der Waals surface area contributed by atoms with E-state index in [1.807, 2.05) is 0 Å². The first-order valence-electron chi connectivity index (χ1n) is 5.64. The molecule has 2 aliphatic rings. The van der Waals surface area contributed by atoms with Crippen LogP contribution in [0.4, 0.5) is 0 Å². The number of hydrogen-bond donors (Lipinski definition) is 1. The van der Waals surface area contributed by atoms with Crippen molar-refractivity contribution in [3.05, 3.63) is 0 Å². The first-order chi connectivity index (χ1) is 6.70. The van der Waals surface area contributed by atoms with Crippen LogP contribution >= 0.6 is 0 Å². The summed E-state index contributed by atoms with van der Waals surface area (Å²) in [4.78, 5) is 13.5. The van der Waals surface area contributed by atoms with Crippen LogP contribution in [0.5, 0.6) is 0 Å². The number of Topliss-reactive ketones (excluding diaryl/α,β-unsaturated/α-hetero) is 1. The normalized spacial score (nSPS) is 39.6. The first-order valence-corrected chi connectivity index (χ1v) is 5.64. The molecule has 1 N–H and O–H groups in total. The highest BCUT2D eigenvalue weighted by atomic mass is 16.3. The topological polar surface area (TPSA) is 40.5 Å². The van der Waals surface area contributed by atoms with Crippen LogP contribution in [0.2, 0.25) is 0 Å². The van der Waals surface area contributed by atoms with E-state index in [9.17, 15) is 9.90 Å². The molecule has 0 aromatic heterocycles. The number of hydrogen-bond acceptors (Lipinski definition) is 3. The molecule has 2 rings (SSSR count). The summed E-state index contributed by atoms with van der Waals surface area (Å²) >= 11 is 0. The molecule has 14 heavy (non-hydrogen) atoms. The van der Waals surface area contributed by atoms with Gasteiger partial charge in [-0.25, -0.2) is 0 Å². The van der Waals surface area contributed by atoms with Gasteiger partial charge < -0.3 is 5.11 Å². The summed E-state index contributed by atoms with van der Waals surface area (Å²) in [5.41, 5.74) is 0. The van der Waals surface area contributed by atoms with Gasteiger partial charge >= 0.3 is 0 Å². The maximum absolute atomic E-state index is 11.2. The number of carbonyl (C=O) groups excluding carboxylic acids is 1. The van der Waals surface area contributed by atoms with Crippen LogP contribution in [0.15, 0.2) is 0 Å². The lowest BCUT2D eigenvalue weighted by atomic mass is 10.0. The molecule has 0 bridgehead atoms. The quantitative estimate of drug-likeness (QED) is 0.712. The molecule has 80 valence electrons. The zero-order valence-electron chi connectivity index (χ0n) is 8.78. The lowest BCUT2D eigenvalue weighted by molar-refractivity contribution is -0.117. The molecule has 1 aliphatic heterocycles. The van der Waals surface area contributed by atoms with E-state index in [0.717, 1.165) is 32.4 Å². The number of likely N-dealkylation sites (tertiary alicyclic amines) is 1. The minimum Gasteiger partial charge on any atom is -0.391 e. The summed E-state index contributed by atoms with van der Waals surface area (Å²) in [5.74, 6) is 0.815. The first kappa shape index (κ1) is 10.1. The second-order valence-corrected chi connectivity index (χ2v) is 4.62. The lowest BCUT2D eigenvalue weighted by Gasteiger charge is -2.22. The molecular formula is C11H19NO2. The summed E-state index contributed by atoms with van der Waals surface area (Å²) in [6.07, 6.45) is 3.33. The fourth-order valence-corrected chi connectivity index (χ4v) is 2.69. The second-order valence-electron chi connectivity index (χ2n) is 4.62. The van der Waals surface area contributed by atoms with Crippen molar-refractivity contribution in [1.82, 2.24) is 4.90 Å². The molecule has 1 saturated heterocycles. The number of carbonyl (C=O) groups is 1. The van der Waals surface area contributed by atoms with Crippen molar-refractivity contribution in [2.45, 2.75) is 44.8 Å². The molecule has 3 nitrogen and oxygen atoms in total. The van der Waals surface area contributed by atoms with Gasteiger partial charge in [0.25, 0.3) is 0 Å². The average molecular weight is 197 g/mol. The monoisotopic (exact) mass is 197 g/mol. The van der Waals surface area contributed by atoms with Gasteiger partial charge in [-0.2, -0.15) is 0 Å². The Balaban J connectivity index is 1.91. The van der Waals surface area contributed by atoms with Crippen molar-refractivity contribution < 1.29 is 9.90 Å². The maximum Gasteiger partial charge on any atom is 0.134 e. The lowest BCUT2D eigenvalue weighted by Crippen LogP contribution is -2.32. The van der Waals surface area contributed by atoms with E-state index in [1.54, 1.807) is 0 Å². The number of aliphatic hydroxyl groups is 1. The standard InChI is InChI=1S/C11H19NO2/c1-2-8-6-12(7-11(8)14)9-3-4-10(13)5-9/h8-9,11,14H,2-7H2,1H3. The van der Waals surface area contributed by atoms with Crippen molar-refractivity contribution in [2.24, 2.45) is 5.92 Å². The largest absolute Gasteiger partial charge is 0.391 e. The minimum atomic E-state index is -0.171. The van der Waals surface area contributed by atoms with E-state index in [-0.39, 0.29) is 6.10 Å². The zero-order chi connectivity index (χ0) is 10.1. The molecule has 0 aromatic rings. The molecule has 0 aromatic carbocycles. The van der Waals surface area contributed by atoms with Gasteiger partial charge in [0.2, 0.25) is 0 Å². The Morgan fingerprint density at radius 1 is 1.50 bits per heavy atom. The number of β-amino-alcohol motifs (C(OH)–C–C–N with tert-alkyl or cyclic N) is 1. The van der Waals surface area contributed by atoms with Gasteiger partial charge in [-0.3, -0.25) is 9.69 Å². The van der Waals surface area contributed by atoms with Crippen LogP contribution in [0.3, 0.4) is 0 Å². The summed E-state index contributed by atoms with van der Waals surface area (Å²) in [5, 5.41) is 9.76. The van der Waals surface area contributed by atoms with Gasteiger partial charge in [0.15, 0.2) is 0 Å². The number of nitrogens with zero attached hydrogens (tertiary/aromatic N) is 1. The van der Waals surface area contributed by atoms with E-state index in [1.165, 1.54) is 0 Å². The Morgan fingerprint density at radius 3 is 2.79 bits per heavy atom. The molecule has 3 atom stereocenters. The maximum atomic E-state index is 11.2. The van der Waals surface area contributed by atoms with Gasteiger partial charge in [0, 0.05) is 32.0 Å². The molecule has 3 heteroatoms. The van der Waals surface area contributed by atoms with E-state index in [4.69, 9.17) is 0 Å². The Morgan fingerprint density at radius 2 is 2.29 bits per heavy atom. The Bertz CT molecular complexity index is 229. The van der Waals surface area contributed by atoms with E-state index in [2.05, 4.69) is 11.8 Å². The van der Waals surface area contributed by atoms with E-state index < -0.39 is 0 Å². The summed E-state index contributed by atoms with van der Waals surface area (Å²) in [6.45, 7) is 3.88. The fourth-order valence-electron chi connectivity index (χ4n) is 2.69. The summed E-state index contributed by atoms with van der Waals surface area (Å²) < 4.78 is 0. The van der Waals surface area contributed by atoms with Crippen molar-refractivity contribution in [1.29, 1.82) is 0 Å². The number of rotatable bonds is 2. The van der Waals surface area contributed by atoms with Crippen LogP contribution in [-0.2, 0) is 4.79 Å². The number of ketones is 1. The Kier molecular flexibility index (Phi) is 2.88. The highest BCUT2D eigenvalue weighted by molar-refractivity contribution is 5.81. The van der Waals surface area contributed by atoms with Gasteiger partial charge in [0.1, 0.15) is 5.78 Å². The number of aliphatic hydroxyl groups excluding tert-OH is 1. The smallest absolute Gasteiger partial charge is 0.134 e. The van der Waals surface area contributed by atoms with Gasteiger partial charge in [-0.05, 0) is 18.8 Å². The predicted octanol–water partition coefficient (Wildman–Crippen LogP) is 0.811. The van der Waals surface area contributed by atoms with Crippen LogP contribution in [0, 0.1) is 5.92 Å². The van der Waals surface area contributed by atoms with Crippen molar-refractivity contribution in [3.8, 4) is 0 Å². The van der Waals surface area contributed by atoms with Crippen molar-refractivity contribution >= 4 is 5.78 Å². The predicted molar refractivity (Wildman–Crippen MR) is 54.0 cm³/mol. The van der Waals surface area contributed by atoms with Crippen LogP contribution in [0.1, 0.15) is 32.6 Å². The average Bonchev–Trinajstić information content (AvgIpc) is 2.71. The van der Waals surface area contributed by atoms with Crippen LogP contribution < -0.4 is 0 Å². The van der Waals surface area contributed by atoms with Gasteiger partial charge in [-0.15, -0.1) is 0 Å². The molecule has 0 amide bonds. The SMILES string of the molecule is CCC1CN(C2CCC(=O)C2)CC1O. The Labute approximate surface area is 85.1 Å². The molecule has 0 spiro atoms. The van der Waals surface area contributed by atoms with Crippen LogP contribution in [-0.4, -0.2) is 41.0 Å². The molecule has 1 aliphatic carbocycles. The van der Waals surface area contributed by atoms with E-state index in [0.29, 0.717) is 24.2 Å². The van der Waals surface area contributed by atoms with E-state index >= 15 is 0 Å². The summed E-state index contributed by atoms with van der Waals surface area (Å²) in [7, 11) is 0. The van der Waals surface area contributed by atoms with Gasteiger partial charge in [-0.1, -0.05) is 6.92 Å². The van der Waals surface area contributed by atoms with Crippen molar-refractivity contribution in [3.63, 3.8) is 0 Å². The highest BCUT2D eigenvalue weighted by Gasteiger charge is 2.36. The van der Waals surface area contributed by atoms with Gasteiger partial charge in [0.05, 0.1) is 6.10 Å². The third kappa shape index (κ3) is 1.84. The molecular weight excluding hydrogens is 178 g/mol. The molecule has 0 radical (unpaired) electrons. The molecule has 2 fully saturated rings. The fraction of sp³-hybridized carbons (Fsp3) is 0.909. The molecule has 1 saturated carbocycles. The molecule has 1 heterocycles. The second kappa shape index (κ2) is 3.99. The third-order valence-corrected chi connectivity index (χ3v) is 3.70.